The largest absolute Gasteiger partial charge is 0.377 e. The molecule has 1 aliphatic heterocycles. The van der Waals surface area contributed by atoms with Crippen LogP contribution >= 0.6 is 0 Å². The summed E-state index contributed by atoms with van der Waals surface area (Å²) in [6.45, 7) is 4.37. The van der Waals surface area contributed by atoms with Crippen molar-refractivity contribution in [3.63, 3.8) is 0 Å². The molecule has 0 aromatic rings. The molecule has 1 nitrogen and oxygen atoms in total. The minimum atomic E-state index is 0.441. The van der Waals surface area contributed by atoms with Gasteiger partial charge in [-0.15, -0.1) is 0 Å². The highest BCUT2D eigenvalue weighted by molar-refractivity contribution is 6.27. The molecule has 0 aliphatic carbocycles. The summed E-state index contributed by atoms with van der Waals surface area (Å²) >= 11 is 0. The minimum Gasteiger partial charge on any atom is -0.377 e. The van der Waals surface area contributed by atoms with Gasteiger partial charge in [0.15, 0.2) is 0 Å². The van der Waals surface area contributed by atoms with Crippen LogP contribution in [0.15, 0.2) is 0 Å². The zero-order valence-electron chi connectivity index (χ0n) is 8.29. The summed E-state index contributed by atoms with van der Waals surface area (Å²) in [4.78, 5) is 0. The number of hydrogen-bond donors (Lipinski definition) is 0. The van der Waals surface area contributed by atoms with Crippen LogP contribution < -0.4 is 0 Å². The Hall–Kier alpha value is 0.155. The van der Waals surface area contributed by atoms with E-state index in [9.17, 15) is 0 Å². The van der Waals surface area contributed by atoms with Gasteiger partial charge in [0.25, 0.3) is 0 Å². The Bertz CT molecular complexity index is 128. The highest BCUT2D eigenvalue weighted by Gasteiger charge is 2.33. The first-order valence-electron chi connectivity index (χ1n) is 4.69. The van der Waals surface area contributed by atoms with Crippen LogP contribution in [0.25, 0.3) is 0 Å². The zero-order chi connectivity index (χ0) is 8.59. The first-order valence-corrected chi connectivity index (χ1v) is 4.69. The van der Waals surface area contributed by atoms with Gasteiger partial charge in [0.1, 0.15) is 23.5 Å². The molecule has 4 heteroatoms. The van der Waals surface area contributed by atoms with E-state index in [1.807, 2.05) is 0 Å². The third-order valence-corrected chi connectivity index (χ3v) is 3.57. The van der Waals surface area contributed by atoms with Crippen molar-refractivity contribution in [3.8, 4) is 0 Å². The van der Waals surface area contributed by atoms with Gasteiger partial charge in [0, 0.05) is 0 Å². The molecule has 11 heavy (non-hydrogen) atoms. The standard InChI is InChI=1S/C7H17B3O/c1-3-5(8)7(10)6(9)4(2)11-3/h3-7H,8-10H2,1-2H3. The van der Waals surface area contributed by atoms with Crippen LogP contribution in [-0.2, 0) is 4.74 Å². The van der Waals surface area contributed by atoms with Gasteiger partial charge in [0.05, 0.1) is 12.2 Å². The van der Waals surface area contributed by atoms with Gasteiger partial charge in [-0.25, -0.2) is 0 Å². The Morgan fingerprint density at radius 2 is 1.18 bits per heavy atom. The van der Waals surface area contributed by atoms with Crippen molar-refractivity contribution in [3.05, 3.63) is 0 Å². The van der Waals surface area contributed by atoms with Crippen LogP contribution in [0.2, 0.25) is 17.5 Å². The molecule has 1 aliphatic rings. The van der Waals surface area contributed by atoms with Gasteiger partial charge in [-0.3, -0.25) is 0 Å². The second kappa shape index (κ2) is 3.26. The Kier molecular flexibility index (Phi) is 2.74. The smallest absolute Gasteiger partial charge is 0.108 e. The second-order valence-corrected chi connectivity index (χ2v) is 4.12. The fourth-order valence-electron chi connectivity index (χ4n) is 1.92. The number of ether oxygens (including phenoxy) is 1. The summed E-state index contributed by atoms with van der Waals surface area (Å²) in [6.07, 6.45) is 0.882. The predicted molar refractivity (Wildman–Crippen MR) is 56.9 cm³/mol. The van der Waals surface area contributed by atoms with Crippen molar-refractivity contribution in [2.24, 2.45) is 0 Å². The summed E-state index contributed by atoms with van der Waals surface area (Å²) in [5, 5.41) is 0. The summed E-state index contributed by atoms with van der Waals surface area (Å²) < 4.78 is 5.78. The molecule has 0 aromatic carbocycles. The Morgan fingerprint density at radius 1 is 0.818 bits per heavy atom. The van der Waals surface area contributed by atoms with Crippen LogP contribution in [0.4, 0.5) is 0 Å². The van der Waals surface area contributed by atoms with Crippen LogP contribution in [0.1, 0.15) is 13.8 Å². The molecule has 0 spiro atoms. The third-order valence-electron chi connectivity index (χ3n) is 3.57. The second-order valence-electron chi connectivity index (χ2n) is 4.12. The van der Waals surface area contributed by atoms with Gasteiger partial charge in [0.2, 0.25) is 0 Å². The van der Waals surface area contributed by atoms with Gasteiger partial charge in [-0.05, 0) is 25.5 Å². The van der Waals surface area contributed by atoms with Gasteiger partial charge in [-0.2, -0.15) is 0 Å². The fraction of sp³-hybridized carbons (Fsp3) is 1.00. The molecule has 1 heterocycles. The molecule has 0 bridgehead atoms. The topological polar surface area (TPSA) is 9.23 Å². The Labute approximate surface area is 72.5 Å². The first-order chi connectivity index (χ1) is 5.04. The van der Waals surface area contributed by atoms with E-state index in [1.165, 1.54) is 0 Å². The van der Waals surface area contributed by atoms with E-state index in [1.54, 1.807) is 0 Å². The van der Waals surface area contributed by atoms with Crippen molar-refractivity contribution in [2.45, 2.75) is 43.5 Å². The molecule has 0 aromatic heterocycles. The van der Waals surface area contributed by atoms with Crippen LogP contribution in [0.3, 0.4) is 0 Å². The SMILES string of the molecule is BC1C(C)OC(C)C(B)C1B. The molecule has 0 N–H and O–H groups in total. The molecule has 0 radical (unpaired) electrons. The number of rotatable bonds is 0. The molecule has 60 valence electrons. The van der Waals surface area contributed by atoms with Crippen molar-refractivity contribution >= 4 is 23.5 Å². The van der Waals surface area contributed by atoms with Crippen LogP contribution in [-0.4, -0.2) is 35.7 Å². The Morgan fingerprint density at radius 3 is 1.55 bits per heavy atom. The van der Waals surface area contributed by atoms with Crippen molar-refractivity contribution in [2.75, 3.05) is 0 Å². The van der Waals surface area contributed by atoms with Gasteiger partial charge < -0.3 is 4.74 Å². The van der Waals surface area contributed by atoms with Crippen LogP contribution in [0, 0.1) is 0 Å². The van der Waals surface area contributed by atoms with E-state index in [2.05, 4.69) is 37.4 Å². The number of hydrogen-bond acceptors (Lipinski definition) is 1. The lowest BCUT2D eigenvalue weighted by atomic mass is 9.52. The summed E-state index contributed by atoms with van der Waals surface area (Å²) in [5.74, 6) is 2.22. The van der Waals surface area contributed by atoms with Crippen molar-refractivity contribution < 1.29 is 4.74 Å². The normalized spacial score (nSPS) is 52.4. The molecule has 0 amide bonds. The molecule has 1 fully saturated rings. The molecule has 1 rings (SSSR count). The maximum absolute atomic E-state index is 5.78. The van der Waals surface area contributed by atoms with E-state index in [4.69, 9.17) is 4.74 Å². The van der Waals surface area contributed by atoms with Crippen molar-refractivity contribution in [1.82, 2.24) is 0 Å². The molecule has 4 unspecified atom stereocenters. The summed E-state index contributed by atoms with van der Waals surface area (Å²) in [6, 6.07) is 0. The van der Waals surface area contributed by atoms with Gasteiger partial charge in [-0.1, -0.05) is 5.82 Å². The average molecular weight is 150 g/mol. The molecular weight excluding hydrogens is 133 g/mol. The highest BCUT2D eigenvalue weighted by Crippen LogP contribution is 2.41. The summed E-state index contributed by atoms with van der Waals surface area (Å²) in [7, 11) is 6.92. The van der Waals surface area contributed by atoms with E-state index in [-0.39, 0.29) is 0 Å². The lowest BCUT2D eigenvalue weighted by molar-refractivity contribution is -0.0269. The monoisotopic (exact) mass is 150 g/mol. The van der Waals surface area contributed by atoms with E-state index < -0.39 is 0 Å². The lowest BCUT2D eigenvalue weighted by Crippen LogP contribution is -2.37. The third kappa shape index (κ3) is 1.66. The average Bonchev–Trinajstić information content (AvgIpc) is 1.97. The lowest BCUT2D eigenvalue weighted by Gasteiger charge is -2.41. The minimum absolute atomic E-state index is 0.441. The summed E-state index contributed by atoms with van der Waals surface area (Å²) in [5.41, 5.74) is 0. The molecule has 4 atom stereocenters. The molecule has 0 saturated carbocycles. The van der Waals surface area contributed by atoms with Gasteiger partial charge >= 0.3 is 0 Å². The quantitative estimate of drug-likeness (QED) is 0.404. The zero-order valence-corrected chi connectivity index (χ0v) is 8.29. The maximum Gasteiger partial charge on any atom is 0.108 e. The van der Waals surface area contributed by atoms with E-state index >= 15 is 0 Å². The predicted octanol–water partition coefficient (Wildman–Crippen LogP) is -0.942. The van der Waals surface area contributed by atoms with Crippen LogP contribution in [0.5, 0.6) is 0 Å². The first kappa shape index (κ1) is 9.24. The molecular formula is C7H17B3O. The van der Waals surface area contributed by atoms with E-state index in [0.29, 0.717) is 23.8 Å². The van der Waals surface area contributed by atoms with E-state index in [0.717, 1.165) is 5.82 Å². The fourth-order valence-corrected chi connectivity index (χ4v) is 1.92. The van der Waals surface area contributed by atoms with Crippen molar-refractivity contribution in [1.29, 1.82) is 0 Å². The molecule has 1 saturated heterocycles. The Balaban J connectivity index is 2.63. The maximum atomic E-state index is 5.78. The highest BCUT2D eigenvalue weighted by atomic mass is 16.5.